The quantitative estimate of drug-likeness (QED) is 0.835. The summed E-state index contributed by atoms with van der Waals surface area (Å²) in [5.41, 5.74) is 6.02. The van der Waals surface area contributed by atoms with Crippen LogP contribution >= 0.6 is 0 Å². The van der Waals surface area contributed by atoms with Crippen LogP contribution in [0.1, 0.15) is 72.6 Å². The summed E-state index contributed by atoms with van der Waals surface area (Å²) in [7, 11) is 0. The van der Waals surface area contributed by atoms with Gasteiger partial charge in [0.1, 0.15) is 0 Å². The Kier molecular flexibility index (Phi) is 6.51. The Hall–Kier alpha value is -2.37. The maximum absolute atomic E-state index is 12.8. The zero-order chi connectivity index (χ0) is 18.6. The topological polar surface area (TPSA) is 92.5 Å². The summed E-state index contributed by atoms with van der Waals surface area (Å²) in [6.07, 6.45) is 0. The Morgan fingerprint density at radius 3 is 1.75 bits per heavy atom. The predicted molar refractivity (Wildman–Crippen MR) is 94.0 cm³/mol. The third-order valence-corrected chi connectivity index (χ3v) is 3.49. The summed E-state index contributed by atoms with van der Waals surface area (Å²) < 4.78 is 0. The molecule has 0 unspecified atom stereocenters. The SMILES string of the molecule is CC(C)NC(=O)c1cc(C(N)=O)cc(C(=O)N(C(C)C)C(C)C)c1. The van der Waals surface area contributed by atoms with E-state index in [1.807, 2.05) is 41.5 Å². The van der Waals surface area contributed by atoms with E-state index in [4.69, 9.17) is 5.73 Å². The molecule has 1 aromatic rings. The molecule has 1 rings (SSSR count). The van der Waals surface area contributed by atoms with Gasteiger partial charge in [-0.1, -0.05) is 0 Å². The van der Waals surface area contributed by atoms with Crippen LogP contribution in [0.4, 0.5) is 0 Å². The van der Waals surface area contributed by atoms with Gasteiger partial charge < -0.3 is 16.0 Å². The summed E-state index contributed by atoms with van der Waals surface area (Å²) >= 11 is 0. The molecular formula is C18H27N3O3. The molecule has 6 heteroatoms. The van der Waals surface area contributed by atoms with Gasteiger partial charge in [0.2, 0.25) is 5.91 Å². The monoisotopic (exact) mass is 333 g/mol. The average Bonchev–Trinajstić information content (AvgIpc) is 2.45. The number of hydrogen-bond acceptors (Lipinski definition) is 3. The van der Waals surface area contributed by atoms with Gasteiger partial charge in [0, 0.05) is 34.8 Å². The second-order valence-electron chi connectivity index (χ2n) is 6.69. The van der Waals surface area contributed by atoms with Gasteiger partial charge in [0.15, 0.2) is 0 Å². The molecule has 132 valence electrons. The number of carbonyl (C=O) groups excluding carboxylic acids is 3. The number of nitrogens with two attached hydrogens (primary N) is 1. The molecule has 0 aliphatic rings. The minimum absolute atomic E-state index is 0.0114. The smallest absolute Gasteiger partial charge is 0.254 e. The van der Waals surface area contributed by atoms with E-state index in [0.29, 0.717) is 0 Å². The van der Waals surface area contributed by atoms with Crippen molar-refractivity contribution in [1.29, 1.82) is 0 Å². The number of amides is 3. The molecule has 0 atom stereocenters. The first-order valence-corrected chi connectivity index (χ1v) is 8.13. The van der Waals surface area contributed by atoms with Gasteiger partial charge in [-0.25, -0.2) is 0 Å². The predicted octanol–water partition coefficient (Wildman–Crippen LogP) is 2.18. The van der Waals surface area contributed by atoms with Gasteiger partial charge in [0.25, 0.3) is 11.8 Å². The summed E-state index contributed by atoms with van der Waals surface area (Å²) in [6.45, 7) is 11.3. The lowest BCUT2D eigenvalue weighted by Gasteiger charge is -2.31. The van der Waals surface area contributed by atoms with Gasteiger partial charge in [-0.15, -0.1) is 0 Å². The summed E-state index contributed by atoms with van der Waals surface area (Å²) in [5.74, 6) is -1.26. The van der Waals surface area contributed by atoms with Crippen molar-refractivity contribution >= 4 is 17.7 Å². The minimum atomic E-state index is -0.677. The average molecular weight is 333 g/mol. The van der Waals surface area contributed by atoms with Gasteiger partial charge in [0.05, 0.1) is 0 Å². The van der Waals surface area contributed by atoms with Crippen LogP contribution in [0, 0.1) is 0 Å². The Bertz CT molecular complexity index is 628. The highest BCUT2D eigenvalue weighted by Gasteiger charge is 2.23. The maximum atomic E-state index is 12.8. The number of hydrogen-bond donors (Lipinski definition) is 2. The molecule has 0 bridgehead atoms. The number of nitrogens with zero attached hydrogens (tertiary/aromatic N) is 1. The molecule has 1 aromatic carbocycles. The van der Waals surface area contributed by atoms with Crippen molar-refractivity contribution in [3.05, 3.63) is 34.9 Å². The fraction of sp³-hybridized carbons (Fsp3) is 0.500. The summed E-state index contributed by atoms with van der Waals surface area (Å²) in [5, 5.41) is 2.75. The summed E-state index contributed by atoms with van der Waals surface area (Å²) in [4.78, 5) is 38.4. The maximum Gasteiger partial charge on any atom is 0.254 e. The Balaban J connectivity index is 3.37. The highest BCUT2D eigenvalue weighted by atomic mass is 16.2. The lowest BCUT2D eigenvalue weighted by atomic mass is 10.0. The second-order valence-corrected chi connectivity index (χ2v) is 6.69. The molecule has 0 saturated carbocycles. The third kappa shape index (κ3) is 4.81. The number of benzene rings is 1. The second kappa shape index (κ2) is 7.95. The van der Waals surface area contributed by atoms with Gasteiger partial charge in [-0.3, -0.25) is 14.4 Å². The van der Waals surface area contributed by atoms with Crippen LogP contribution in [0.5, 0.6) is 0 Å². The Labute approximate surface area is 143 Å². The lowest BCUT2D eigenvalue weighted by Crippen LogP contribution is -2.42. The Morgan fingerprint density at radius 2 is 1.33 bits per heavy atom. The molecule has 24 heavy (non-hydrogen) atoms. The van der Waals surface area contributed by atoms with Crippen LogP contribution in [0.3, 0.4) is 0 Å². The fourth-order valence-electron chi connectivity index (χ4n) is 2.58. The van der Waals surface area contributed by atoms with Gasteiger partial charge >= 0.3 is 0 Å². The summed E-state index contributed by atoms with van der Waals surface area (Å²) in [6, 6.07) is 4.27. The molecular weight excluding hydrogens is 306 g/mol. The zero-order valence-corrected chi connectivity index (χ0v) is 15.2. The van der Waals surface area contributed by atoms with E-state index in [-0.39, 0.29) is 46.6 Å². The van der Waals surface area contributed by atoms with Crippen molar-refractivity contribution in [3.8, 4) is 0 Å². The minimum Gasteiger partial charge on any atom is -0.366 e. The van der Waals surface area contributed by atoms with E-state index in [1.165, 1.54) is 18.2 Å². The molecule has 6 nitrogen and oxygen atoms in total. The van der Waals surface area contributed by atoms with Crippen LogP contribution in [0.2, 0.25) is 0 Å². The molecule has 3 N–H and O–H groups in total. The molecule has 0 fully saturated rings. The van der Waals surface area contributed by atoms with E-state index in [1.54, 1.807) is 4.90 Å². The first-order valence-electron chi connectivity index (χ1n) is 8.13. The number of carbonyl (C=O) groups is 3. The van der Waals surface area contributed by atoms with Gasteiger partial charge in [-0.2, -0.15) is 0 Å². The van der Waals surface area contributed by atoms with E-state index in [2.05, 4.69) is 5.32 Å². The van der Waals surface area contributed by atoms with Crippen molar-refractivity contribution in [1.82, 2.24) is 10.2 Å². The molecule has 0 heterocycles. The van der Waals surface area contributed by atoms with Crippen LogP contribution in [0.25, 0.3) is 0 Å². The zero-order valence-electron chi connectivity index (χ0n) is 15.2. The molecule has 3 amide bonds. The molecule has 0 saturated heterocycles. The number of nitrogens with one attached hydrogen (secondary N) is 1. The van der Waals surface area contributed by atoms with Crippen molar-refractivity contribution in [2.24, 2.45) is 5.73 Å². The van der Waals surface area contributed by atoms with E-state index in [0.717, 1.165) is 0 Å². The molecule has 0 aliphatic heterocycles. The number of rotatable bonds is 6. The van der Waals surface area contributed by atoms with Crippen molar-refractivity contribution < 1.29 is 14.4 Å². The van der Waals surface area contributed by atoms with Crippen LogP contribution < -0.4 is 11.1 Å². The van der Waals surface area contributed by atoms with E-state index in [9.17, 15) is 14.4 Å². The van der Waals surface area contributed by atoms with Crippen molar-refractivity contribution in [2.75, 3.05) is 0 Å². The molecule has 0 radical (unpaired) electrons. The van der Waals surface area contributed by atoms with Crippen LogP contribution in [0.15, 0.2) is 18.2 Å². The van der Waals surface area contributed by atoms with Crippen LogP contribution in [-0.4, -0.2) is 40.7 Å². The lowest BCUT2D eigenvalue weighted by molar-refractivity contribution is 0.0643. The first-order chi connectivity index (χ1) is 11.0. The highest BCUT2D eigenvalue weighted by molar-refractivity contribution is 6.04. The third-order valence-electron chi connectivity index (χ3n) is 3.49. The normalized spacial score (nSPS) is 11.0. The van der Waals surface area contributed by atoms with Crippen molar-refractivity contribution in [2.45, 2.75) is 59.7 Å². The number of primary amides is 1. The first kappa shape index (κ1) is 19.7. The van der Waals surface area contributed by atoms with E-state index < -0.39 is 5.91 Å². The van der Waals surface area contributed by atoms with Crippen LogP contribution in [-0.2, 0) is 0 Å². The standard InChI is InChI=1S/C18H27N3O3/c1-10(2)20-17(23)14-7-13(16(19)22)8-15(9-14)18(24)21(11(3)4)12(5)6/h7-12H,1-6H3,(H2,19,22)(H,20,23). The highest BCUT2D eigenvalue weighted by Crippen LogP contribution is 2.16. The largest absolute Gasteiger partial charge is 0.366 e. The van der Waals surface area contributed by atoms with E-state index >= 15 is 0 Å². The molecule has 0 aliphatic carbocycles. The van der Waals surface area contributed by atoms with Gasteiger partial charge in [-0.05, 0) is 59.7 Å². The fourth-order valence-corrected chi connectivity index (χ4v) is 2.58. The Morgan fingerprint density at radius 1 is 0.875 bits per heavy atom. The molecule has 0 aromatic heterocycles. The van der Waals surface area contributed by atoms with Crippen molar-refractivity contribution in [3.63, 3.8) is 0 Å². The molecule has 0 spiro atoms.